The van der Waals surface area contributed by atoms with E-state index in [1.54, 1.807) is 25.2 Å². The molecule has 0 aromatic heterocycles. The Bertz CT molecular complexity index is 1110. The summed E-state index contributed by atoms with van der Waals surface area (Å²) < 4.78 is 42.3. The highest BCUT2D eigenvalue weighted by Crippen LogP contribution is 2.23. The second-order valence-electron chi connectivity index (χ2n) is 10.3. The molecule has 0 atom stereocenters. The Balaban J connectivity index is 1.49. The largest absolute Gasteiger partial charge is 0.494 e. The van der Waals surface area contributed by atoms with Crippen LogP contribution in [0, 0.1) is 17.1 Å². The molecule has 0 bridgehead atoms. The highest BCUT2D eigenvalue weighted by molar-refractivity contribution is 5.67. The molecule has 0 N–H and O–H groups in total. The van der Waals surface area contributed by atoms with Crippen LogP contribution in [-0.4, -0.2) is 76.1 Å². The number of halogens is 1. The molecular weight excluding hydrogens is 505 g/mol. The molecule has 1 aliphatic rings. The molecule has 1 saturated heterocycles. The normalized spacial score (nSPS) is 17.3. The van der Waals surface area contributed by atoms with Gasteiger partial charge in [-0.25, -0.2) is 9.18 Å². The van der Waals surface area contributed by atoms with E-state index in [1.807, 2.05) is 39.0 Å². The first-order valence-corrected chi connectivity index (χ1v) is 12.9. The van der Waals surface area contributed by atoms with E-state index in [4.69, 9.17) is 28.9 Å². The summed E-state index contributed by atoms with van der Waals surface area (Å²) in [6, 6.07) is 14.3. The van der Waals surface area contributed by atoms with E-state index in [2.05, 4.69) is 11.0 Å². The van der Waals surface area contributed by atoms with Gasteiger partial charge in [0.2, 0.25) is 0 Å². The molecule has 0 unspecified atom stereocenters. The van der Waals surface area contributed by atoms with Crippen LogP contribution >= 0.6 is 0 Å². The van der Waals surface area contributed by atoms with Crippen LogP contribution in [0.25, 0.3) is 0 Å². The predicted octanol–water partition coefficient (Wildman–Crippen LogP) is 4.73. The Morgan fingerprint density at radius 3 is 2.41 bits per heavy atom. The standard InChI is InChI=1S/C29H38FN3O6/c1-29(2,3)39-28(34)32(4)14-15-36-24-19-37-27(38-20-24)12-13-33(23-9-6-21(17-31)7-10-23)18-22-8-11-26(35-5)25(30)16-22/h6-11,16,24,27H,12-15,18-20H2,1-5H3. The minimum atomic E-state index is -0.549. The van der Waals surface area contributed by atoms with E-state index in [9.17, 15) is 9.18 Å². The topological polar surface area (TPSA) is 93.5 Å². The van der Waals surface area contributed by atoms with E-state index in [-0.39, 0.29) is 11.9 Å². The van der Waals surface area contributed by atoms with Crippen molar-refractivity contribution in [3.05, 3.63) is 59.4 Å². The van der Waals surface area contributed by atoms with Gasteiger partial charge in [-0.15, -0.1) is 0 Å². The highest BCUT2D eigenvalue weighted by Gasteiger charge is 2.25. The number of amides is 1. The summed E-state index contributed by atoms with van der Waals surface area (Å²) in [5.74, 6) is -0.224. The molecule has 1 amide bonds. The molecular formula is C29H38FN3O6. The zero-order chi connectivity index (χ0) is 28.4. The number of methoxy groups -OCH3 is 1. The molecule has 0 aliphatic carbocycles. The van der Waals surface area contributed by atoms with Crippen LogP contribution in [0.3, 0.4) is 0 Å². The van der Waals surface area contributed by atoms with Crippen LogP contribution in [0.1, 0.15) is 38.3 Å². The monoisotopic (exact) mass is 543 g/mol. The molecule has 1 fully saturated rings. The van der Waals surface area contributed by atoms with Crippen LogP contribution in [0.2, 0.25) is 0 Å². The molecule has 10 heteroatoms. The Labute approximate surface area is 229 Å². The molecule has 39 heavy (non-hydrogen) atoms. The second-order valence-corrected chi connectivity index (χ2v) is 10.3. The fourth-order valence-electron chi connectivity index (χ4n) is 3.91. The van der Waals surface area contributed by atoms with Gasteiger partial charge in [-0.1, -0.05) is 6.07 Å². The minimum absolute atomic E-state index is 0.195. The van der Waals surface area contributed by atoms with Crippen molar-refractivity contribution in [2.24, 2.45) is 0 Å². The van der Waals surface area contributed by atoms with Gasteiger partial charge < -0.3 is 33.5 Å². The maximum atomic E-state index is 14.3. The van der Waals surface area contributed by atoms with Gasteiger partial charge in [0.05, 0.1) is 38.6 Å². The molecule has 2 aromatic carbocycles. The number of hydrogen-bond donors (Lipinski definition) is 0. The van der Waals surface area contributed by atoms with E-state index in [1.165, 1.54) is 18.1 Å². The lowest BCUT2D eigenvalue weighted by Gasteiger charge is -2.32. The van der Waals surface area contributed by atoms with E-state index in [0.29, 0.717) is 51.4 Å². The third-order valence-corrected chi connectivity index (χ3v) is 6.01. The summed E-state index contributed by atoms with van der Waals surface area (Å²) >= 11 is 0. The first kappa shape index (κ1) is 30.2. The quantitative estimate of drug-likeness (QED) is 0.402. The van der Waals surface area contributed by atoms with Crippen molar-refractivity contribution in [1.29, 1.82) is 5.26 Å². The third-order valence-electron chi connectivity index (χ3n) is 6.01. The predicted molar refractivity (Wildman–Crippen MR) is 144 cm³/mol. The van der Waals surface area contributed by atoms with Crippen molar-refractivity contribution in [3.63, 3.8) is 0 Å². The lowest BCUT2D eigenvalue weighted by Crippen LogP contribution is -2.41. The first-order valence-electron chi connectivity index (χ1n) is 12.9. The molecule has 0 saturated carbocycles. The summed E-state index contributed by atoms with van der Waals surface area (Å²) in [6.07, 6.45) is -0.466. The van der Waals surface area contributed by atoms with Gasteiger partial charge in [-0.05, 0) is 62.7 Å². The summed E-state index contributed by atoms with van der Waals surface area (Å²) in [5, 5.41) is 9.14. The lowest BCUT2D eigenvalue weighted by molar-refractivity contribution is -0.227. The van der Waals surface area contributed by atoms with Crippen LogP contribution in [0.4, 0.5) is 14.9 Å². The van der Waals surface area contributed by atoms with E-state index < -0.39 is 23.8 Å². The molecule has 2 aromatic rings. The van der Waals surface area contributed by atoms with Crippen molar-refractivity contribution in [2.45, 2.75) is 51.7 Å². The van der Waals surface area contributed by atoms with Gasteiger partial charge in [-0.2, -0.15) is 5.26 Å². The van der Waals surface area contributed by atoms with Crippen LogP contribution in [0.15, 0.2) is 42.5 Å². The molecule has 1 heterocycles. The number of benzene rings is 2. The number of nitrogens with zero attached hydrogens (tertiary/aromatic N) is 3. The smallest absolute Gasteiger partial charge is 0.410 e. The fraction of sp³-hybridized carbons (Fsp3) is 0.517. The van der Waals surface area contributed by atoms with Gasteiger partial charge in [-0.3, -0.25) is 0 Å². The molecule has 0 radical (unpaired) electrons. The highest BCUT2D eigenvalue weighted by atomic mass is 19.1. The number of ether oxygens (including phenoxy) is 5. The van der Waals surface area contributed by atoms with Crippen molar-refractivity contribution >= 4 is 11.8 Å². The maximum absolute atomic E-state index is 14.3. The van der Waals surface area contributed by atoms with E-state index in [0.717, 1.165) is 11.3 Å². The zero-order valence-corrected chi connectivity index (χ0v) is 23.3. The number of carbonyl (C=O) groups excluding carboxylic acids is 1. The van der Waals surface area contributed by atoms with Crippen LogP contribution in [-0.2, 0) is 25.5 Å². The fourth-order valence-corrected chi connectivity index (χ4v) is 3.91. The van der Waals surface area contributed by atoms with Crippen molar-refractivity contribution < 1.29 is 32.9 Å². The number of hydrogen-bond acceptors (Lipinski definition) is 8. The minimum Gasteiger partial charge on any atom is -0.494 e. The maximum Gasteiger partial charge on any atom is 0.410 e. The van der Waals surface area contributed by atoms with Gasteiger partial charge in [0.1, 0.15) is 11.7 Å². The average Bonchev–Trinajstić information content (AvgIpc) is 2.91. The number of nitriles is 1. The van der Waals surface area contributed by atoms with Crippen molar-refractivity contribution in [2.75, 3.05) is 52.0 Å². The average molecular weight is 544 g/mol. The lowest BCUT2D eigenvalue weighted by atomic mass is 10.1. The molecule has 212 valence electrons. The molecule has 3 rings (SSSR count). The summed E-state index contributed by atoms with van der Waals surface area (Å²) in [6.45, 7) is 7.99. The third kappa shape index (κ3) is 9.70. The molecule has 1 aliphatic heterocycles. The zero-order valence-electron chi connectivity index (χ0n) is 23.3. The number of likely N-dealkylation sites (N-methyl/N-ethyl adjacent to an activating group) is 1. The Hall–Kier alpha value is -3.39. The second kappa shape index (κ2) is 14.1. The van der Waals surface area contributed by atoms with Crippen LogP contribution < -0.4 is 9.64 Å². The summed E-state index contributed by atoms with van der Waals surface area (Å²) in [4.78, 5) is 15.6. The Morgan fingerprint density at radius 1 is 1.13 bits per heavy atom. The Morgan fingerprint density at radius 2 is 1.82 bits per heavy atom. The summed E-state index contributed by atoms with van der Waals surface area (Å²) in [5.41, 5.74) is 1.70. The molecule has 9 nitrogen and oxygen atoms in total. The van der Waals surface area contributed by atoms with E-state index >= 15 is 0 Å². The number of anilines is 1. The number of carbonyl (C=O) groups is 1. The Kier molecular flexibility index (Phi) is 10.9. The first-order chi connectivity index (χ1) is 18.6. The number of rotatable bonds is 11. The van der Waals surface area contributed by atoms with Crippen molar-refractivity contribution in [3.8, 4) is 11.8 Å². The summed E-state index contributed by atoms with van der Waals surface area (Å²) in [7, 11) is 3.10. The van der Waals surface area contributed by atoms with Gasteiger partial charge in [0.15, 0.2) is 17.9 Å². The molecule has 0 spiro atoms. The van der Waals surface area contributed by atoms with Crippen LogP contribution in [0.5, 0.6) is 5.75 Å². The van der Waals surface area contributed by atoms with Gasteiger partial charge in [0.25, 0.3) is 0 Å². The van der Waals surface area contributed by atoms with Gasteiger partial charge in [0, 0.05) is 38.8 Å². The van der Waals surface area contributed by atoms with Gasteiger partial charge >= 0.3 is 6.09 Å². The van der Waals surface area contributed by atoms with Crippen molar-refractivity contribution in [1.82, 2.24) is 4.90 Å². The SMILES string of the molecule is COc1ccc(CN(CCC2OCC(OCCN(C)C(=O)OC(C)(C)C)CO2)c2ccc(C#N)cc2)cc1F.